The molecular formula is C27H30FNO5S. The summed E-state index contributed by atoms with van der Waals surface area (Å²) < 4.78 is 48.8. The molecule has 6 nitrogen and oxygen atoms in total. The SMILES string of the molecule is CCCCOc1nc(-c2ccc(F)cc2)c(-c2ccc(S(C)(=O)=O)cc2)cc1COC(=O)CCC. The van der Waals surface area contributed by atoms with Crippen LogP contribution in [0.2, 0.25) is 0 Å². The molecule has 0 aliphatic rings. The topological polar surface area (TPSA) is 82.6 Å². The third-order valence-corrected chi connectivity index (χ3v) is 6.48. The highest BCUT2D eigenvalue weighted by molar-refractivity contribution is 7.90. The Morgan fingerprint density at radius 1 is 0.971 bits per heavy atom. The zero-order valence-electron chi connectivity index (χ0n) is 20.2. The van der Waals surface area contributed by atoms with Crippen LogP contribution in [-0.4, -0.2) is 32.2 Å². The van der Waals surface area contributed by atoms with E-state index in [4.69, 9.17) is 14.5 Å². The predicted octanol–water partition coefficient (Wildman–Crippen LogP) is 5.98. The molecule has 0 aliphatic carbocycles. The largest absolute Gasteiger partial charge is 0.477 e. The number of esters is 1. The second-order valence-corrected chi connectivity index (χ2v) is 10.3. The second kappa shape index (κ2) is 11.9. The van der Waals surface area contributed by atoms with E-state index >= 15 is 0 Å². The highest BCUT2D eigenvalue weighted by Gasteiger charge is 2.18. The van der Waals surface area contributed by atoms with Gasteiger partial charge in [0.2, 0.25) is 5.88 Å². The molecule has 0 aliphatic heterocycles. The van der Waals surface area contributed by atoms with Crippen LogP contribution in [-0.2, 0) is 26.0 Å². The number of carbonyl (C=O) groups excluding carboxylic acids is 1. The summed E-state index contributed by atoms with van der Waals surface area (Å²) >= 11 is 0. The van der Waals surface area contributed by atoms with Crippen molar-refractivity contribution in [3.8, 4) is 28.3 Å². The summed E-state index contributed by atoms with van der Waals surface area (Å²) in [7, 11) is -3.35. The van der Waals surface area contributed by atoms with Gasteiger partial charge >= 0.3 is 5.97 Å². The molecule has 0 saturated carbocycles. The van der Waals surface area contributed by atoms with Crippen molar-refractivity contribution in [3.63, 3.8) is 0 Å². The summed E-state index contributed by atoms with van der Waals surface area (Å²) in [5.41, 5.74) is 3.21. The van der Waals surface area contributed by atoms with Gasteiger partial charge in [0.1, 0.15) is 12.4 Å². The van der Waals surface area contributed by atoms with Gasteiger partial charge in [-0.05, 0) is 60.9 Å². The van der Waals surface area contributed by atoms with E-state index in [-0.39, 0.29) is 23.3 Å². The lowest BCUT2D eigenvalue weighted by atomic mass is 9.97. The van der Waals surface area contributed by atoms with Crippen LogP contribution in [0.4, 0.5) is 4.39 Å². The highest BCUT2D eigenvalue weighted by Crippen LogP contribution is 2.36. The van der Waals surface area contributed by atoms with Crippen LogP contribution < -0.4 is 4.74 Å². The van der Waals surface area contributed by atoms with Gasteiger partial charge < -0.3 is 9.47 Å². The first-order valence-electron chi connectivity index (χ1n) is 11.6. The van der Waals surface area contributed by atoms with E-state index in [1.165, 1.54) is 24.3 Å². The molecule has 0 N–H and O–H groups in total. The first kappa shape index (κ1) is 26.3. The molecule has 0 atom stereocenters. The molecule has 3 rings (SSSR count). The molecule has 0 saturated heterocycles. The smallest absolute Gasteiger partial charge is 0.306 e. The monoisotopic (exact) mass is 499 g/mol. The molecule has 3 aromatic rings. The van der Waals surface area contributed by atoms with Gasteiger partial charge in [-0.2, -0.15) is 0 Å². The summed E-state index contributed by atoms with van der Waals surface area (Å²) in [4.78, 5) is 17.0. The van der Waals surface area contributed by atoms with Gasteiger partial charge in [0.15, 0.2) is 9.84 Å². The number of ether oxygens (including phenoxy) is 2. The van der Waals surface area contributed by atoms with Crippen molar-refractivity contribution in [1.29, 1.82) is 0 Å². The number of pyridine rings is 1. The first-order chi connectivity index (χ1) is 16.7. The fraction of sp³-hybridized carbons (Fsp3) is 0.333. The molecule has 0 amide bonds. The van der Waals surface area contributed by atoms with Gasteiger partial charge in [-0.1, -0.05) is 32.4 Å². The fourth-order valence-electron chi connectivity index (χ4n) is 3.44. The molecule has 186 valence electrons. The minimum atomic E-state index is -3.35. The van der Waals surface area contributed by atoms with Gasteiger partial charge in [0, 0.05) is 23.8 Å². The Kier molecular flexibility index (Phi) is 8.98. The normalized spacial score (nSPS) is 11.3. The van der Waals surface area contributed by atoms with Gasteiger partial charge in [-0.25, -0.2) is 17.8 Å². The molecule has 0 unspecified atom stereocenters. The van der Waals surface area contributed by atoms with Crippen LogP contribution in [0.1, 0.15) is 45.1 Å². The number of benzene rings is 2. The zero-order valence-corrected chi connectivity index (χ0v) is 21.0. The lowest BCUT2D eigenvalue weighted by molar-refractivity contribution is -0.145. The van der Waals surface area contributed by atoms with E-state index in [1.54, 1.807) is 24.3 Å². The highest BCUT2D eigenvalue weighted by atomic mass is 32.2. The van der Waals surface area contributed by atoms with Crippen LogP contribution in [0.5, 0.6) is 5.88 Å². The third kappa shape index (κ3) is 7.11. The molecule has 8 heteroatoms. The van der Waals surface area contributed by atoms with Crippen molar-refractivity contribution in [2.24, 2.45) is 0 Å². The lowest BCUT2D eigenvalue weighted by Gasteiger charge is -2.17. The Hall–Kier alpha value is -3.26. The minimum absolute atomic E-state index is 0.00852. The zero-order chi connectivity index (χ0) is 25.4. The molecule has 1 heterocycles. The van der Waals surface area contributed by atoms with E-state index in [9.17, 15) is 17.6 Å². The fourth-order valence-corrected chi connectivity index (χ4v) is 4.07. The molecule has 1 aromatic heterocycles. The van der Waals surface area contributed by atoms with Crippen molar-refractivity contribution in [3.05, 3.63) is 66.0 Å². The first-order valence-corrected chi connectivity index (χ1v) is 13.5. The van der Waals surface area contributed by atoms with E-state index < -0.39 is 9.84 Å². The number of aromatic nitrogens is 1. The maximum atomic E-state index is 13.6. The van der Waals surface area contributed by atoms with Crippen LogP contribution in [0.25, 0.3) is 22.4 Å². The number of hydrogen-bond donors (Lipinski definition) is 0. The molecular weight excluding hydrogens is 469 g/mol. The van der Waals surface area contributed by atoms with Gasteiger partial charge in [-0.15, -0.1) is 0 Å². The average Bonchev–Trinajstić information content (AvgIpc) is 2.83. The van der Waals surface area contributed by atoms with E-state index in [0.29, 0.717) is 53.3 Å². The summed E-state index contributed by atoms with van der Waals surface area (Å²) in [6.45, 7) is 4.39. The molecule has 0 bridgehead atoms. The predicted molar refractivity (Wildman–Crippen MR) is 133 cm³/mol. The Morgan fingerprint density at radius 2 is 1.63 bits per heavy atom. The van der Waals surface area contributed by atoms with Crippen LogP contribution in [0.15, 0.2) is 59.5 Å². The molecule has 0 fully saturated rings. The minimum Gasteiger partial charge on any atom is -0.477 e. The van der Waals surface area contributed by atoms with E-state index in [2.05, 4.69) is 6.92 Å². The molecule has 35 heavy (non-hydrogen) atoms. The average molecular weight is 500 g/mol. The Bertz CT molecular complexity index is 1260. The summed E-state index contributed by atoms with van der Waals surface area (Å²) in [5, 5.41) is 0. The van der Waals surface area contributed by atoms with Gasteiger partial charge in [0.05, 0.1) is 22.8 Å². The molecule has 0 radical (unpaired) electrons. The summed E-state index contributed by atoms with van der Waals surface area (Å²) in [6.07, 6.45) is 3.91. The van der Waals surface area contributed by atoms with E-state index in [0.717, 1.165) is 19.1 Å². The lowest BCUT2D eigenvalue weighted by Crippen LogP contribution is -2.08. The number of sulfone groups is 1. The maximum Gasteiger partial charge on any atom is 0.306 e. The van der Waals surface area contributed by atoms with E-state index in [1.807, 2.05) is 13.0 Å². The Labute approximate surface area is 206 Å². The van der Waals surface area contributed by atoms with Crippen molar-refractivity contribution in [2.75, 3.05) is 12.9 Å². The number of unbranched alkanes of at least 4 members (excludes halogenated alkanes) is 1. The van der Waals surface area contributed by atoms with Crippen molar-refractivity contribution >= 4 is 15.8 Å². The quantitative estimate of drug-likeness (QED) is 0.238. The summed E-state index contributed by atoms with van der Waals surface area (Å²) in [5.74, 6) is -0.334. The molecule has 0 spiro atoms. The number of carbonyl (C=O) groups is 1. The standard InChI is InChI=1S/C27H30FNO5S/c1-4-6-16-33-27-21(18-34-25(30)7-5-2)17-24(19-10-14-23(15-11-19)35(3,31)32)26(29-27)20-8-12-22(28)13-9-20/h8-15,17H,4-7,16,18H2,1-3H3. The van der Waals surface area contributed by atoms with Crippen LogP contribution in [0.3, 0.4) is 0 Å². The van der Waals surface area contributed by atoms with Crippen molar-refractivity contribution < 1.29 is 27.1 Å². The van der Waals surface area contributed by atoms with Gasteiger partial charge in [0.25, 0.3) is 0 Å². The van der Waals surface area contributed by atoms with Crippen LogP contribution >= 0.6 is 0 Å². The summed E-state index contributed by atoms with van der Waals surface area (Å²) in [6, 6.07) is 14.3. The van der Waals surface area contributed by atoms with Crippen molar-refractivity contribution in [1.82, 2.24) is 4.98 Å². The number of rotatable bonds is 11. The second-order valence-electron chi connectivity index (χ2n) is 8.26. The van der Waals surface area contributed by atoms with Crippen LogP contribution in [0, 0.1) is 5.82 Å². The Morgan fingerprint density at radius 3 is 2.23 bits per heavy atom. The molecule has 2 aromatic carbocycles. The third-order valence-electron chi connectivity index (χ3n) is 5.35. The van der Waals surface area contributed by atoms with Crippen molar-refractivity contribution in [2.45, 2.75) is 51.0 Å². The number of nitrogens with zero attached hydrogens (tertiary/aromatic N) is 1. The Balaban J connectivity index is 2.14. The maximum absolute atomic E-state index is 13.6. The van der Waals surface area contributed by atoms with Gasteiger partial charge in [-0.3, -0.25) is 4.79 Å². The number of halogens is 1. The number of hydrogen-bond acceptors (Lipinski definition) is 6.